The summed E-state index contributed by atoms with van der Waals surface area (Å²) in [6.45, 7) is 9.24. The third-order valence-corrected chi connectivity index (χ3v) is 15.6. The minimum absolute atomic E-state index is 0.660. The summed E-state index contributed by atoms with van der Waals surface area (Å²) < 4.78 is 5.52. The summed E-state index contributed by atoms with van der Waals surface area (Å²) in [5.74, 6) is 32.7. The van der Waals surface area contributed by atoms with Crippen LogP contribution in [0.4, 0.5) is 0 Å². The molecule has 0 bridgehead atoms. The Morgan fingerprint density at radius 2 is 0.571 bits per heavy atom. The lowest BCUT2D eigenvalue weighted by atomic mass is 9.84. The minimum Gasteiger partial charge on any atom is -0.494 e. The van der Waals surface area contributed by atoms with Crippen LogP contribution < -0.4 is 4.74 Å². The van der Waals surface area contributed by atoms with Crippen LogP contribution in [-0.4, -0.2) is 38.0 Å². The third kappa shape index (κ3) is 27.2. The first kappa shape index (κ1) is 73.6. The SMILES string of the molecule is CCCCc1ccc(C#Cc2ccc(C=O)cc2)cc1.CCCOc1ccc(C#Cc2ccc(C=O)cc2)cc1.CCCc1ccc(C#Cc2ccc(C=O)cc2)cc1.Cc1ccc(C#Cc2ccc(C=O)cc2)cc1.O=Cc1ccc(C#Cc2ccc(C3CCCCC3)cc2)cc1. The summed E-state index contributed by atoms with van der Waals surface area (Å²) in [6.07, 6.45) is 17.8. The van der Waals surface area contributed by atoms with Crippen LogP contribution in [-0.2, 0) is 12.8 Å². The van der Waals surface area contributed by atoms with Gasteiger partial charge in [0.1, 0.15) is 37.2 Å². The van der Waals surface area contributed by atoms with E-state index in [0.717, 1.165) is 131 Å². The molecule has 6 heteroatoms. The second-order valence-electron chi connectivity index (χ2n) is 23.4. The average Bonchev–Trinajstić information content (AvgIpc) is 1.06. The molecule has 0 heterocycles. The van der Waals surface area contributed by atoms with E-state index < -0.39 is 0 Å². The maximum absolute atomic E-state index is 10.6. The lowest BCUT2D eigenvalue weighted by Crippen LogP contribution is -2.04. The Morgan fingerprint density at radius 1 is 0.306 bits per heavy atom. The number of ether oxygens (including phenoxy) is 1. The van der Waals surface area contributed by atoms with Crippen LogP contribution in [0.1, 0.15) is 214 Å². The van der Waals surface area contributed by atoms with Crippen molar-refractivity contribution in [1.29, 1.82) is 0 Å². The molecule has 0 amide bonds. The van der Waals surface area contributed by atoms with Crippen LogP contribution in [0.2, 0.25) is 0 Å². The summed E-state index contributed by atoms with van der Waals surface area (Å²) >= 11 is 0. The Labute approximate surface area is 581 Å². The average molecular weight is 1280 g/mol. The van der Waals surface area contributed by atoms with Crippen molar-refractivity contribution in [3.8, 4) is 65.0 Å². The lowest BCUT2D eigenvalue weighted by Gasteiger charge is -2.21. The number of hydrogen-bond donors (Lipinski definition) is 0. The van der Waals surface area contributed by atoms with Crippen molar-refractivity contribution in [2.75, 3.05) is 6.61 Å². The van der Waals surface area contributed by atoms with Gasteiger partial charge in [-0.2, -0.15) is 0 Å². The van der Waals surface area contributed by atoms with Gasteiger partial charge in [-0.25, -0.2) is 0 Å². The van der Waals surface area contributed by atoms with Gasteiger partial charge in [-0.05, 0) is 202 Å². The Bertz CT molecular complexity index is 4310. The predicted octanol–water partition coefficient (Wildman–Crippen LogP) is 19.9. The Balaban J connectivity index is 0.000000173. The van der Waals surface area contributed by atoms with Gasteiger partial charge in [-0.15, -0.1) is 0 Å². The van der Waals surface area contributed by atoms with Gasteiger partial charge in [0.2, 0.25) is 0 Å². The molecule has 0 unspecified atom stereocenters. The van der Waals surface area contributed by atoms with Gasteiger partial charge in [0.15, 0.2) is 0 Å². The molecule has 0 N–H and O–H groups in total. The van der Waals surface area contributed by atoms with Crippen LogP contribution in [0.5, 0.6) is 5.75 Å². The van der Waals surface area contributed by atoms with Gasteiger partial charge in [0.25, 0.3) is 0 Å². The highest BCUT2D eigenvalue weighted by Crippen LogP contribution is 2.32. The maximum Gasteiger partial charge on any atom is 0.150 e. The minimum atomic E-state index is 0.660. The third-order valence-electron chi connectivity index (χ3n) is 15.6. The van der Waals surface area contributed by atoms with Crippen LogP contribution in [0.15, 0.2) is 243 Å². The monoisotopic (exact) mass is 1280 g/mol. The molecule has 10 aromatic rings. The zero-order valence-corrected chi connectivity index (χ0v) is 56.5. The van der Waals surface area contributed by atoms with Crippen molar-refractivity contribution in [2.24, 2.45) is 0 Å². The van der Waals surface area contributed by atoms with Gasteiger partial charge in [0.05, 0.1) is 6.61 Å². The van der Waals surface area contributed by atoms with E-state index in [1.807, 2.05) is 109 Å². The number of unbranched alkanes of at least 4 members (excludes halogenated alkanes) is 1. The number of carbonyl (C=O) groups is 5. The molecule has 0 aliphatic heterocycles. The van der Waals surface area contributed by atoms with Crippen molar-refractivity contribution in [3.63, 3.8) is 0 Å². The van der Waals surface area contributed by atoms with E-state index in [-0.39, 0.29) is 0 Å². The van der Waals surface area contributed by atoms with Crippen molar-refractivity contribution in [2.45, 2.75) is 104 Å². The Morgan fingerprint density at radius 3 is 0.847 bits per heavy atom. The molecule has 6 nitrogen and oxygen atoms in total. The molecule has 11 rings (SSSR count). The van der Waals surface area contributed by atoms with Crippen LogP contribution in [0.25, 0.3) is 0 Å². The molecule has 98 heavy (non-hydrogen) atoms. The number of carbonyl (C=O) groups excluding carboxylic acids is 5. The first-order valence-electron chi connectivity index (χ1n) is 33.5. The van der Waals surface area contributed by atoms with Gasteiger partial charge in [0, 0.05) is 83.5 Å². The molecule has 1 aliphatic carbocycles. The molecular formula is C92H82O6. The summed E-state index contributed by atoms with van der Waals surface area (Å²) in [5, 5.41) is 0. The van der Waals surface area contributed by atoms with Crippen molar-refractivity contribution < 1.29 is 28.7 Å². The van der Waals surface area contributed by atoms with Gasteiger partial charge in [-0.3, -0.25) is 24.0 Å². The Kier molecular flexibility index (Phi) is 31.9. The quantitative estimate of drug-likeness (QED) is 0.0795. The normalized spacial score (nSPS) is 10.7. The fourth-order valence-electron chi connectivity index (χ4n) is 9.89. The standard InChI is InChI=1S/C21H20O.C19H18O.C18H16O2.C18H16O.C16H12O/c22-16-19-10-8-17(9-11-19)6-7-18-12-14-21(15-13-18)20-4-2-1-3-5-20;1-2-3-4-16-5-7-17(8-6-16)9-10-18-11-13-19(15-20)14-12-18;1-2-13-20-18-11-9-16(10-12-18)4-3-15-5-7-17(14-19)8-6-15;1-2-3-15-4-6-16(7-5-15)8-9-17-10-12-18(14-19)13-11-17;1-13-2-4-14(5-3-13)6-7-15-8-10-16(12-17)11-9-15/h8-16,20H,1-5H2;5-8,11-15H,2-4H2,1H3;5-12,14H,2,13H2,1H3;4-7,10-14H,2-3H2,1H3;2-5,8-12H,1H3. The fourth-order valence-corrected chi connectivity index (χ4v) is 9.89. The predicted molar refractivity (Wildman–Crippen MR) is 400 cm³/mol. The van der Waals surface area contributed by atoms with E-state index in [4.69, 9.17) is 4.74 Å². The van der Waals surface area contributed by atoms with Crippen LogP contribution in [0.3, 0.4) is 0 Å². The molecule has 0 aromatic heterocycles. The molecular weight excluding hydrogens is 1200 g/mol. The summed E-state index contributed by atoms with van der Waals surface area (Å²) in [4.78, 5) is 52.8. The van der Waals surface area contributed by atoms with Crippen molar-refractivity contribution >= 4 is 31.4 Å². The topological polar surface area (TPSA) is 94.6 Å². The zero-order chi connectivity index (χ0) is 69.2. The van der Waals surface area contributed by atoms with Crippen molar-refractivity contribution in [1.82, 2.24) is 0 Å². The smallest absolute Gasteiger partial charge is 0.150 e. The summed E-state index contributed by atoms with van der Waals surface area (Å²) in [5.41, 5.74) is 18.4. The molecule has 1 saturated carbocycles. The van der Waals surface area contributed by atoms with E-state index in [2.05, 4.69) is 160 Å². The van der Waals surface area contributed by atoms with E-state index in [9.17, 15) is 24.0 Å². The van der Waals surface area contributed by atoms with Gasteiger partial charge in [-0.1, -0.05) is 227 Å². The first-order chi connectivity index (χ1) is 48.1. The molecule has 0 spiro atoms. The van der Waals surface area contributed by atoms with Gasteiger partial charge < -0.3 is 4.74 Å². The van der Waals surface area contributed by atoms with E-state index >= 15 is 0 Å². The number of benzene rings is 10. The molecule has 10 aromatic carbocycles. The second-order valence-corrected chi connectivity index (χ2v) is 23.4. The van der Waals surface area contributed by atoms with E-state index in [1.54, 1.807) is 60.7 Å². The summed E-state index contributed by atoms with van der Waals surface area (Å²) in [6, 6.07) is 77.7. The second kappa shape index (κ2) is 42.5. The molecule has 0 atom stereocenters. The number of rotatable bonds is 14. The van der Waals surface area contributed by atoms with Gasteiger partial charge >= 0.3 is 0 Å². The van der Waals surface area contributed by atoms with Crippen LogP contribution >= 0.6 is 0 Å². The molecule has 1 fully saturated rings. The molecule has 0 saturated heterocycles. The van der Waals surface area contributed by atoms with Crippen molar-refractivity contribution in [3.05, 3.63) is 348 Å². The van der Waals surface area contributed by atoms with E-state index in [0.29, 0.717) is 27.8 Å². The number of aldehydes is 5. The highest BCUT2D eigenvalue weighted by atomic mass is 16.5. The van der Waals surface area contributed by atoms with E-state index in [1.165, 1.54) is 67.2 Å². The number of hydrogen-bond acceptors (Lipinski definition) is 6. The first-order valence-corrected chi connectivity index (χ1v) is 33.5. The number of aryl methyl sites for hydroxylation is 3. The maximum atomic E-state index is 10.6. The zero-order valence-electron chi connectivity index (χ0n) is 56.5. The highest BCUT2D eigenvalue weighted by Gasteiger charge is 2.15. The largest absolute Gasteiger partial charge is 0.494 e. The molecule has 1 aliphatic rings. The fraction of sp³-hybridized carbons (Fsp3) is 0.185. The highest BCUT2D eigenvalue weighted by molar-refractivity contribution is 5.77. The molecule has 486 valence electrons. The molecule has 0 radical (unpaired) electrons. The summed E-state index contributed by atoms with van der Waals surface area (Å²) in [7, 11) is 0. The Hall–Kier alpha value is -11.9. The van der Waals surface area contributed by atoms with Crippen LogP contribution in [0, 0.1) is 66.1 Å². The lowest BCUT2D eigenvalue weighted by molar-refractivity contribution is 0.111.